The summed E-state index contributed by atoms with van der Waals surface area (Å²) in [4.78, 5) is 10.1. The third-order valence-corrected chi connectivity index (χ3v) is 1.34. The van der Waals surface area contributed by atoms with Crippen molar-refractivity contribution in [3.63, 3.8) is 0 Å². The van der Waals surface area contributed by atoms with E-state index < -0.39 is 0 Å². The molecule has 0 unspecified atom stereocenters. The quantitative estimate of drug-likeness (QED) is 0.465. The Morgan fingerprint density at radius 2 is 2.38 bits per heavy atom. The average molecular weight is 108 g/mol. The van der Waals surface area contributed by atoms with Gasteiger partial charge in [-0.25, -0.2) is 0 Å². The zero-order chi connectivity index (χ0) is 5.98. The number of rotatable bonds is 1. The molecule has 0 atom stereocenters. The number of hydrogen-bond acceptors (Lipinski definition) is 1. The second-order valence-corrected chi connectivity index (χ2v) is 1.90. The molecule has 0 fully saturated rings. The van der Waals surface area contributed by atoms with Crippen LogP contribution in [0, 0.1) is 0 Å². The van der Waals surface area contributed by atoms with Gasteiger partial charge in [0.1, 0.15) is 6.29 Å². The summed E-state index contributed by atoms with van der Waals surface area (Å²) in [6.45, 7) is 1.95. The van der Waals surface area contributed by atoms with Gasteiger partial charge in [-0.15, -0.1) is 0 Å². The van der Waals surface area contributed by atoms with Gasteiger partial charge in [-0.3, -0.25) is 4.79 Å². The van der Waals surface area contributed by atoms with Crippen molar-refractivity contribution < 1.29 is 4.79 Å². The van der Waals surface area contributed by atoms with Crippen molar-refractivity contribution in [1.82, 2.24) is 0 Å². The van der Waals surface area contributed by atoms with E-state index in [0.29, 0.717) is 0 Å². The number of carbonyl (C=O) groups is 1. The molecule has 0 bridgehead atoms. The van der Waals surface area contributed by atoms with Crippen LogP contribution in [0.3, 0.4) is 0 Å². The van der Waals surface area contributed by atoms with Gasteiger partial charge in [0, 0.05) is 5.57 Å². The summed E-state index contributed by atoms with van der Waals surface area (Å²) in [6, 6.07) is 0. The van der Waals surface area contributed by atoms with Crippen LogP contribution in [0.15, 0.2) is 23.3 Å². The van der Waals surface area contributed by atoms with Crippen molar-refractivity contribution in [1.29, 1.82) is 0 Å². The molecule has 1 aliphatic carbocycles. The third kappa shape index (κ3) is 0.713. The lowest BCUT2D eigenvalue weighted by Crippen LogP contribution is -1.79. The van der Waals surface area contributed by atoms with E-state index in [1.165, 1.54) is 0 Å². The van der Waals surface area contributed by atoms with E-state index in [0.717, 1.165) is 23.9 Å². The fraction of sp³-hybridized carbons (Fsp3) is 0.286. The lowest BCUT2D eigenvalue weighted by molar-refractivity contribution is -0.104. The molecular formula is C7H8O. The average Bonchev–Trinajstić information content (AvgIpc) is 2.14. The number of carbonyl (C=O) groups excluding carboxylic acids is 1. The molecule has 0 aromatic carbocycles. The van der Waals surface area contributed by atoms with Crippen LogP contribution in [-0.4, -0.2) is 6.29 Å². The molecule has 0 N–H and O–H groups in total. The maximum Gasteiger partial charge on any atom is 0.149 e. The molecular weight excluding hydrogens is 100 g/mol. The molecule has 0 radical (unpaired) electrons. The first kappa shape index (κ1) is 5.29. The molecule has 8 heavy (non-hydrogen) atoms. The summed E-state index contributed by atoms with van der Waals surface area (Å²) in [5.74, 6) is 0. The zero-order valence-electron chi connectivity index (χ0n) is 4.85. The lowest BCUT2D eigenvalue weighted by atomic mass is 10.2. The Morgan fingerprint density at radius 1 is 1.62 bits per heavy atom. The van der Waals surface area contributed by atoms with E-state index in [2.05, 4.69) is 0 Å². The van der Waals surface area contributed by atoms with Crippen LogP contribution in [0.1, 0.15) is 13.3 Å². The Labute approximate surface area is 48.7 Å². The number of allylic oxidation sites excluding steroid dienone is 4. The van der Waals surface area contributed by atoms with Crippen LogP contribution in [-0.2, 0) is 4.79 Å². The molecule has 1 rings (SSSR count). The minimum Gasteiger partial charge on any atom is -0.298 e. The molecule has 0 saturated heterocycles. The van der Waals surface area contributed by atoms with E-state index in [9.17, 15) is 4.79 Å². The van der Waals surface area contributed by atoms with E-state index in [-0.39, 0.29) is 0 Å². The molecule has 0 aromatic rings. The second kappa shape index (κ2) is 1.95. The molecule has 0 aliphatic heterocycles. The smallest absolute Gasteiger partial charge is 0.149 e. The van der Waals surface area contributed by atoms with Gasteiger partial charge in [-0.2, -0.15) is 0 Å². The Bertz CT molecular complexity index is 163. The van der Waals surface area contributed by atoms with Crippen molar-refractivity contribution in [2.45, 2.75) is 13.3 Å². The fourth-order valence-electron chi connectivity index (χ4n) is 0.783. The van der Waals surface area contributed by atoms with Crippen LogP contribution >= 0.6 is 0 Å². The fourth-order valence-corrected chi connectivity index (χ4v) is 0.783. The normalized spacial score (nSPS) is 17.6. The Morgan fingerprint density at radius 3 is 2.62 bits per heavy atom. The number of aldehydes is 1. The highest BCUT2D eigenvalue weighted by molar-refractivity contribution is 5.81. The minimum absolute atomic E-state index is 0.852. The maximum atomic E-state index is 10.1. The summed E-state index contributed by atoms with van der Waals surface area (Å²) in [6.07, 6.45) is 5.81. The van der Waals surface area contributed by atoms with Gasteiger partial charge in [0.2, 0.25) is 0 Å². The predicted octanol–water partition coefficient (Wildman–Crippen LogP) is 1.46. The van der Waals surface area contributed by atoms with E-state index in [1.807, 2.05) is 19.1 Å². The SMILES string of the molecule is CC1=CCC=C1C=O. The molecule has 1 aliphatic rings. The maximum absolute atomic E-state index is 10.1. The molecule has 1 heteroatoms. The summed E-state index contributed by atoms with van der Waals surface area (Å²) < 4.78 is 0. The molecule has 0 spiro atoms. The van der Waals surface area contributed by atoms with Crippen LogP contribution in [0.2, 0.25) is 0 Å². The van der Waals surface area contributed by atoms with E-state index in [1.54, 1.807) is 0 Å². The first-order valence-corrected chi connectivity index (χ1v) is 2.67. The van der Waals surface area contributed by atoms with Gasteiger partial charge in [-0.05, 0) is 18.9 Å². The van der Waals surface area contributed by atoms with Crippen LogP contribution in [0.4, 0.5) is 0 Å². The van der Waals surface area contributed by atoms with E-state index >= 15 is 0 Å². The topological polar surface area (TPSA) is 17.1 Å². The summed E-state index contributed by atoms with van der Waals surface area (Å²) in [5, 5.41) is 0. The van der Waals surface area contributed by atoms with Crippen LogP contribution in [0.5, 0.6) is 0 Å². The lowest BCUT2D eigenvalue weighted by Gasteiger charge is -1.86. The first-order chi connectivity index (χ1) is 3.84. The molecule has 0 saturated carbocycles. The van der Waals surface area contributed by atoms with Crippen molar-refractivity contribution in [3.05, 3.63) is 23.3 Å². The van der Waals surface area contributed by atoms with Gasteiger partial charge < -0.3 is 0 Å². The molecule has 0 aromatic heterocycles. The van der Waals surface area contributed by atoms with Crippen molar-refractivity contribution in [3.8, 4) is 0 Å². The Hall–Kier alpha value is -0.850. The van der Waals surface area contributed by atoms with Crippen LogP contribution in [0.25, 0.3) is 0 Å². The monoisotopic (exact) mass is 108 g/mol. The van der Waals surface area contributed by atoms with Crippen molar-refractivity contribution in [2.24, 2.45) is 0 Å². The Kier molecular flexibility index (Phi) is 1.29. The van der Waals surface area contributed by atoms with Crippen molar-refractivity contribution >= 4 is 6.29 Å². The Balaban J connectivity index is 2.81. The second-order valence-electron chi connectivity index (χ2n) is 1.90. The first-order valence-electron chi connectivity index (χ1n) is 2.67. The van der Waals surface area contributed by atoms with Gasteiger partial charge in [0.15, 0.2) is 0 Å². The summed E-state index contributed by atoms with van der Waals surface area (Å²) >= 11 is 0. The number of hydrogen-bond donors (Lipinski definition) is 0. The van der Waals surface area contributed by atoms with Gasteiger partial charge in [0.25, 0.3) is 0 Å². The van der Waals surface area contributed by atoms with Gasteiger partial charge in [-0.1, -0.05) is 12.2 Å². The largest absolute Gasteiger partial charge is 0.298 e. The van der Waals surface area contributed by atoms with Gasteiger partial charge in [0.05, 0.1) is 0 Å². The highest BCUT2D eigenvalue weighted by atomic mass is 16.1. The highest BCUT2D eigenvalue weighted by Crippen LogP contribution is 2.14. The minimum atomic E-state index is 0.852. The van der Waals surface area contributed by atoms with Gasteiger partial charge >= 0.3 is 0 Å². The zero-order valence-corrected chi connectivity index (χ0v) is 4.85. The molecule has 42 valence electrons. The molecule has 1 nitrogen and oxygen atoms in total. The predicted molar refractivity (Wildman–Crippen MR) is 32.5 cm³/mol. The summed E-state index contributed by atoms with van der Waals surface area (Å²) in [5.41, 5.74) is 1.96. The van der Waals surface area contributed by atoms with E-state index in [4.69, 9.17) is 0 Å². The third-order valence-electron chi connectivity index (χ3n) is 1.34. The van der Waals surface area contributed by atoms with Crippen molar-refractivity contribution in [2.75, 3.05) is 0 Å². The summed E-state index contributed by atoms with van der Waals surface area (Å²) in [7, 11) is 0. The highest BCUT2D eigenvalue weighted by Gasteiger charge is 2.00. The molecule has 0 amide bonds. The molecule has 0 heterocycles. The van der Waals surface area contributed by atoms with Crippen LogP contribution < -0.4 is 0 Å². The standard InChI is InChI=1S/C7H8O/c1-6-3-2-4-7(6)5-8/h3-5H,2H2,1H3.